The van der Waals surface area contributed by atoms with Gasteiger partial charge in [-0.1, -0.05) is 13.8 Å². The Hall–Kier alpha value is -2.05. The average molecular weight is 281 g/mol. The van der Waals surface area contributed by atoms with Crippen LogP contribution in [0.1, 0.15) is 38.4 Å². The van der Waals surface area contributed by atoms with E-state index in [0.717, 1.165) is 6.42 Å². The number of nitrogens with two attached hydrogens (primary N) is 1. The molecule has 2 amide bonds. The van der Waals surface area contributed by atoms with Crippen molar-refractivity contribution in [2.24, 2.45) is 11.7 Å². The molecule has 1 aliphatic rings. The Morgan fingerprint density at radius 1 is 1.50 bits per heavy atom. The van der Waals surface area contributed by atoms with Crippen LogP contribution in [-0.2, 0) is 9.59 Å². The van der Waals surface area contributed by atoms with Crippen molar-refractivity contribution in [2.45, 2.75) is 38.6 Å². The lowest BCUT2D eigenvalue weighted by atomic mass is 9.91. The highest BCUT2D eigenvalue weighted by Crippen LogP contribution is 2.29. The number of carbonyl (C=O) groups is 2. The molecule has 2 rings (SSSR count). The van der Waals surface area contributed by atoms with Crippen molar-refractivity contribution in [3.63, 3.8) is 0 Å². The second kappa shape index (κ2) is 5.52. The summed E-state index contributed by atoms with van der Waals surface area (Å²) in [6, 6.07) is 0.715. The fraction of sp³-hybridized carbons (Fsp3) is 0.615. The first-order valence-corrected chi connectivity index (χ1v) is 6.70. The van der Waals surface area contributed by atoms with Gasteiger partial charge in [-0.25, -0.2) is 0 Å². The summed E-state index contributed by atoms with van der Waals surface area (Å²) in [4.78, 5) is 36.7. The highest BCUT2D eigenvalue weighted by molar-refractivity contribution is 5.90. The Morgan fingerprint density at radius 3 is 2.70 bits per heavy atom. The Labute approximate surface area is 116 Å². The Bertz CT molecular complexity index is 560. The fourth-order valence-corrected chi connectivity index (χ4v) is 2.69. The summed E-state index contributed by atoms with van der Waals surface area (Å²) in [5.41, 5.74) is 4.95. The zero-order valence-corrected chi connectivity index (χ0v) is 11.6. The largest absolute Gasteiger partial charge is 0.383 e. The van der Waals surface area contributed by atoms with Gasteiger partial charge in [0.1, 0.15) is 12.0 Å². The highest BCUT2D eigenvalue weighted by Gasteiger charge is 2.39. The number of nitrogens with one attached hydrogen (secondary N) is 1. The maximum atomic E-state index is 12.7. The molecular weight excluding hydrogens is 262 g/mol. The molecule has 1 aromatic rings. The van der Waals surface area contributed by atoms with Crippen LogP contribution >= 0.6 is 0 Å². The van der Waals surface area contributed by atoms with E-state index in [2.05, 4.69) is 5.16 Å². The van der Waals surface area contributed by atoms with Crippen molar-refractivity contribution in [1.82, 2.24) is 10.1 Å². The molecule has 7 heteroatoms. The molecule has 1 saturated heterocycles. The quantitative estimate of drug-likeness (QED) is 0.820. The highest BCUT2D eigenvalue weighted by atomic mass is 16.5. The Balaban J connectivity index is 2.28. The number of likely N-dealkylation sites (tertiary alicyclic amines) is 1. The lowest BCUT2D eigenvalue weighted by molar-refractivity contribution is -0.139. The topological polar surface area (TPSA) is 109 Å². The minimum absolute atomic E-state index is 0.0597. The van der Waals surface area contributed by atoms with Crippen LogP contribution in [0.15, 0.2) is 15.4 Å². The van der Waals surface area contributed by atoms with E-state index in [1.165, 1.54) is 11.0 Å². The van der Waals surface area contributed by atoms with E-state index in [4.69, 9.17) is 10.3 Å². The van der Waals surface area contributed by atoms with Gasteiger partial charge in [-0.3, -0.25) is 14.4 Å². The number of carbonyl (C=O) groups excluding carboxylic acids is 2. The summed E-state index contributed by atoms with van der Waals surface area (Å²) >= 11 is 0. The van der Waals surface area contributed by atoms with Crippen LogP contribution in [0.2, 0.25) is 0 Å². The molecule has 110 valence electrons. The Morgan fingerprint density at radius 2 is 2.20 bits per heavy atom. The van der Waals surface area contributed by atoms with E-state index in [1.54, 1.807) is 0 Å². The van der Waals surface area contributed by atoms with Crippen LogP contribution in [0, 0.1) is 5.92 Å². The molecular formula is C13H19N3O4. The smallest absolute Gasteiger partial charge is 0.280 e. The van der Waals surface area contributed by atoms with Crippen molar-refractivity contribution in [3.8, 4) is 0 Å². The van der Waals surface area contributed by atoms with E-state index in [9.17, 15) is 14.4 Å². The number of aromatic amines is 1. The third-order valence-electron chi connectivity index (χ3n) is 3.65. The predicted octanol–water partition coefficient (Wildman–Crippen LogP) is 0.184. The van der Waals surface area contributed by atoms with Gasteiger partial charge in [0.05, 0.1) is 0 Å². The van der Waals surface area contributed by atoms with Gasteiger partial charge >= 0.3 is 0 Å². The molecule has 1 aromatic heterocycles. The van der Waals surface area contributed by atoms with Gasteiger partial charge < -0.3 is 15.2 Å². The van der Waals surface area contributed by atoms with Crippen LogP contribution in [0.3, 0.4) is 0 Å². The van der Waals surface area contributed by atoms with Crippen molar-refractivity contribution in [3.05, 3.63) is 22.2 Å². The van der Waals surface area contributed by atoms with Gasteiger partial charge in [-0.15, -0.1) is 0 Å². The summed E-state index contributed by atoms with van der Waals surface area (Å²) in [5, 5.41) is 2.19. The summed E-state index contributed by atoms with van der Waals surface area (Å²) in [6.07, 6.45) is 1.34. The first kappa shape index (κ1) is 14.4. The molecule has 3 N–H and O–H groups in total. The van der Waals surface area contributed by atoms with Gasteiger partial charge in [0.15, 0.2) is 5.76 Å². The number of hydrogen-bond donors (Lipinski definition) is 2. The average Bonchev–Trinajstić information content (AvgIpc) is 2.97. The van der Waals surface area contributed by atoms with Gasteiger partial charge in [-0.05, 0) is 18.8 Å². The van der Waals surface area contributed by atoms with Crippen molar-refractivity contribution >= 4 is 11.8 Å². The molecule has 0 aliphatic carbocycles. The molecule has 0 saturated carbocycles. The van der Waals surface area contributed by atoms with Crippen molar-refractivity contribution in [1.29, 1.82) is 0 Å². The zero-order valence-electron chi connectivity index (χ0n) is 11.6. The third kappa shape index (κ3) is 2.61. The van der Waals surface area contributed by atoms with Gasteiger partial charge in [0.2, 0.25) is 11.8 Å². The number of hydrogen-bond acceptors (Lipinski definition) is 4. The van der Waals surface area contributed by atoms with E-state index < -0.39 is 17.9 Å². The van der Waals surface area contributed by atoms with Crippen LogP contribution in [0.25, 0.3) is 0 Å². The number of amides is 2. The predicted molar refractivity (Wildman–Crippen MR) is 70.8 cm³/mol. The second-order valence-corrected chi connectivity index (χ2v) is 5.43. The van der Waals surface area contributed by atoms with Crippen LogP contribution < -0.4 is 11.3 Å². The minimum Gasteiger partial charge on any atom is -0.383 e. The molecule has 0 spiro atoms. The summed E-state index contributed by atoms with van der Waals surface area (Å²) in [6.45, 7) is 4.24. The molecule has 2 atom stereocenters. The summed E-state index contributed by atoms with van der Waals surface area (Å²) in [5.74, 6) is -1.06. The van der Waals surface area contributed by atoms with Gasteiger partial charge in [0, 0.05) is 12.6 Å². The number of nitrogens with zero attached hydrogens (tertiary/aromatic N) is 1. The monoisotopic (exact) mass is 281 g/mol. The first-order valence-electron chi connectivity index (χ1n) is 6.70. The molecule has 1 fully saturated rings. The summed E-state index contributed by atoms with van der Waals surface area (Å²) in [7, 11) is 0. The molecule has 20 heavy (non-hydrogen) atoms. The van der Waals surface area contributed by atoms with Crippen LogP contribution in [0.5, 0.6) is 0 Å². The maximum absolute atomic E-state index is 12.7. The molecule has 0 aromatic carbocycles. The lowest BCUT2D eigenvalue weighted by Crippen LogP contribution is -2.46. The summed E-state index contributed by atoms with van der Waals surface area (Å²) < 4.78 is 5.06. The second-order valence-electron chi connectivity index (χ2n) is 5.43. The van der Waals surface area contributed by atoms with E-state index in [-0.39, 0.29) is 17.4 Å². The maximum Gasteiger partial charge on any atom is 0.280 e. The van der Waals surface area contributed by atoms with Crippen molar-refractivity contribution in [2.75, 3.05) is 6.54 Å². The molecule has 2 heterocycles. The number of rotatable bonds is 4. The van der Waals surface area contributed by atoms with E-state index >= 15 is 0 Å². The third-order valence-corrected chi connectivity index (χ3v) is 3.65. The fourth-order valence-electron chi connectivity index (χ4n) is 2.69. The Kier molecular flexibility index (Phi) is 3.96. The number of aromatic nitrogens is 1. The molecule has 0 bridgehead atoms. The van der Waals surface area contributed by atoms with Crippen LogP contribution in [0.4, 0.5) is 0 Å². The zero-order chi connectivity index (χ0) is 14.9. The van der Waals surface area contributed by atoms with Gasteiger partial charge in [0.25, 0.3) is 5.56 Å². The van der Waals surface area contributed by atoms with E-state index in [1.807, 2.05) is 13.8 Å². The van der Waals surface area contributed by atoms with Gasteiger partial charge in [-0.2, -0.15) is 5.16 Å². The molecule has 0 radical (unpaired) electrons. The number of primary amides is 1. The van der Waals surface area contributed by atoms with Crippen LogP contribution in [-0.4, -0.2) is 34.5 Å². The lowest BCUT2D eigenvalue weighted by Gasteiger charge is -2.27. The normalized spacial score (nSPS) is 20.4. The van der Waals surface area contributed by atoms with E-state index in [0.29, 0.717) is 18.7 Å². The van der Waals surface area contributed by atoms with Crippen molar-refractivity contribution < 1.29 is 14.1 Å². The molecule has 1 aliphatic heterocycles. The standard InChI is InChI=1S/C13H19N3O4/c1-7(2)11(9-6-10(17)15-20-9)13(19)16-5-3-4-8(16)12(14)18/h6-8,11H,3-5H2,1-2H3,(H2,14,18)(H,15,17). The minimum atomic E-state index is -0.589. The number of H-pyrrole nitrogens is 1. The molecule has 2 unspecified atom stereocenters. The first-order chi connectivity index (χ1) is 9.41. The molecule has 7 nitrogen and oxygen atoms in total. The SMILES string of the molecule is CC(C)C(C(=O)N1CCCC1C(N)=O)c1cc(=O)[nH]o1.